The molecule has 2 aromatic rings. The molecule has 0 aliphatic carbocycles. The Morgan fingerprint density at radius 3 is 2.67 bits per heavy atom. The summed E-state index contributed by atoms with van der Waals surface area (Å²) in [4.78, 5) is 10.3. The van der Waals surface area contributed by atoms with Gasteiger partial charge in [-0.3, -0.25) is 10.1 Å². The van der Waals surface area contributed by atoms with E-state index in [4.69, 9.17) is 4.42 Å². The Balaban J connectivity index is 2.16. The van der Waals surface area contributed by atoms with Crippen LogP contribution in [-0.4, -0.2) is 4.92 Å². The minimum atomic E-state index is -0.430. The molecule has 18 heavy (non-hydrogen) atoms. The molecule has 0 bridgehead atoms. The van der Waals surface area contributed by atoms with Crippen LogP contribution in [-0.2, 0) is 6.54 Å². The number of nitrogens with one attached hydrogen (secondary N) is 1. The first-order valence-corrected chi connectivity index (χ1v) is 6.56. The highest BCUT2D eigenvalue weighted by molar-refractivity contribution is 9.10. The number of benzene rings is 1. The van der Waals surface area contributed by atoms with Crippen LogP contribution in [0.3, 0.4) is 0 Å². The van der Waals surface area contributed by atoms with Crippen molar-refractivity contribution in [2.75, 3.05) is 5.32 Å². The minimum absolute atomic E-state index is 0.0409. The molecule has 1 heterocycles. The van der Waals surface area contributed by atoms with Crippen LogP contribution in [0.2, 0.25) is 0 Å². The largest absolute Gasteiger partial charge is 0.466 e. The molecule has 0 fully saturated rings. The Hall–Kier alpha value is -1.34. The summed E-state index contributed by atoms with van der Waals surface area (Å²) in [6.07, 6.45) is 1.57. The zero-order valence-corrected chi connectivity index (χ0v) is 12.2. The van der Waals surface area contributed by atoms with Crippen molar-refractivity contribution >= 4 is 43.2 Å². The maximum atomic E-state index is 10.7. The third-order valence-electron chi connectivity index (χ3n) is 2.29. The molecule has 2 rings (SSSR count). The molecule has 0 aliphatic heterocycles. The SMILES string of the molecule is O=[N+]([O-])c1ccc(Br)c(NCc2occc2Br)c1. The van der Waals surface area contributed by atoms with E-state index in [1.165, 1.54) is 12.1 Å². The summed E-state index contributed by atoms with van der Waals surface area (Å²) in [5.74, 6) is 0.730. The molecule has 1 aromatic heterocycles. The Bertz CT molecular complexity index is 583. The van der Waals surface area contributed by atoms with E-state index in [1.807, 2.05) is 0 Å². The van der Waals surface area contributed by atoms with Gasteiger partial charge in [-0.25, -0.2) is 0 Å². The smallest absolute Gasteiger partial charge is 0.271 e. The summed E-state index contributed by atoms with van der Waals surface area (Å²) >= 11 is 6.68. The van der Waals surface area contributed by atoms with Gasteiger partial charge in [-0.2, -0.15) is 0 Å². The van der Waals surface area contributed by atoms with E-state index in [9.17, 15) is 10.1 Å². The third kappa shape index (κ3) is 2.91. The number of anilines is 1. The second-order valence-corrected chi connectivity index (χ2v) is 5.18. The second-order valence-electron chi connectivity index (χ2n) is 3.47. The summed E-state index contributed by atoms with van der Waals surface area (Å²) in [5, 5.41) is 13.8. The lowest BCUT2D eigenvalue weighted by molar-refractivity contribution is -0.384. The number of non-ortho nitro benzene ring substituents is 1. The lowest BCUT2D eigenvalue weighted by atomic mass is 10.3. The molecule has 0 atom stereocenters. The van der Waals surface area contributed by atoms with E-state index >= 15 is 0 Å². The molecule has 0 aliphatic rings. The van der Waals surface area contributed by atoms with Crippen LogP contribution >= 0.6 is 31.9 Å². The summed E-state index contributed by atoms with van der Waals surface area (Å²) in [6, 6.07) is 6.34. The zero-order chi connectivity index (χ0) is 13.1. The molecule has 0 radical (unpaired) electrons. The highest BCUT2D eigenvalue weighted by atomic mass is 79.9. The van der Waals surface area contributed by atoms with Crippen molar-refractivity contribution in [3.63, 3.8) is 0 Å². The molecular formula is C11H8Br2N2O3. The van der Waals surface area contributed by atoms with Crippen molar-refractivity contribution in [3.05, 3.63) is 55.3 Å². The molecule has 5 nitrogen and oxygen atoms in total. The molecule has 0 saturated carbocycles. The predicted molar refractivity (Wildman–Crippen MR) is 74.5 cm³/mol. The Morgan fingerprint density at radius 1 is 1.28 bits per heavy atom. The van der Waals surface area contributed by atoms with E-state index in [0.717, 1.165) is 14.7 Å². The Labute approximate surface area is 120 Å². The minimum Gasteiger partial charge on any atom is -0.466 e. The highest BCUT2D eigenvalue weighted by Gasteiger charge is 2.10. The van der Waals surface area contributed by atoms with Gasteiger partial charge in [0.1, 0.15) is 5.76 Å². The van der Waals surface area contributed by atoms with Crippen LogP contribution in [0, 0.1) is 10.1 Å². The Morgan fingerprint density at radius 2 is 2.06 bits per heavy atom. The number of hydrogen-bond acceptors (Lipinski definition) is 4. The fourth-order valence-electron chi connectivity index (χ4n) is 1.39. The average molecular weight is 376 g/mol. The van der Waals surface area contributed by atoms with E-state index in [0.29, 0.717) is 12.2 Å². The highest BCUT2D eigenvalue weighted by Crippen LogP contribution is 2.28. The maximum absolute atomic E-state index is 10.7. The molecular weight excluding hydrogens is 368 g/mol. The molecule has 94 valence electrons. The van der Waals surface area contributed by atoms with Crippen LogP contribution in [0.4, 0.5) is 11.4 Å². The maximum Gasteiger partial charge on any atom is 0.271 e. The number of furan rings is 1. The molecule has 0 saturated heterocycles. The van der Waals surface area contributed by atoms with Gasteiger partial charge in [-0.1, -0.05) is 0 Å². The topological polar surface area (TPSA) is 68.3 Å². The zero-order valence-electron chi connectivity index (χ0n) is 9.02. The van der Waals surface area contributed by atoms with Crippen LogP contribution in [0.15, 0.2) is 43.9 Å². The van der Waals surface area contributed by atoms with Crippen molar-refractivity contribution in [1.82, 2.24) is 0 Å². The fourth-order valence-corrected chi connectivity index (χ4v) is 2.12. The van der Waals surface area contributed by atoms with E-state index in [-0.39, 0.29) is 5.69 Å². The summed E-state index contributed by atoms with van der Waals surface area (Å²) in [7, 11) is 0. The first-order valence-electron chi connectivity index (χ1n) is 4.97. The fraction of sp³-hybridized carbons (Fsp3) is 0.0909. The summed E-state index contributed by atoms with van der Waals surface area (Å²) in [6.45, 7) is 0.438. The van der Waals surface area contributed by atoms with Gasteiger partial charge in [-0.15, -0.1) is 0 Å². The number of hydrogen-bond donors (Lipinski definition) is 1. The number of nitro groups is 1. The normalized spacial score (nSPS) is 10.3. The Kier molecular flexibility index (Phi) is 4.03. The van der Waals surface area contributed by atoms with Crippen LogP contribution < -0.4 is 5.32 Å². The number of halogens is 2. The van der Waals surface area contributed by atoms with Crippen molar-refractivity contribution in [1.29, 1.82) is 0 Å². The van der Waals surface area contributed by atoms with Gasteiger partial charge in [0.05, 0.1) is 27.9 Å². The number of rotatable bonds is 4. The lowest BCUT2D eigenvalue weighted by Crippen LogP contribution is -2.00. The second kappa shape index (κ2) is 5.53. The van der Waals surface area contributed by atoms with E-state index in [1.54, 1.807) is 18.4 Å². The summed E-state index contributed by atoms with van der Waals surface area (Å²) in [5.41, 5.74) is 0.687. The molecule has 1 N–H and O–H groups in total. The van der Waals surface area contributed by atoms with Crippen LogP contribution in [0.1, 0.15) is 5.76 Å². The number of nitro benzene ring substituents is 1. The van der Waals surface area contributed by atoms with Gasteiger partial charge in [0.2, 0.25) is 0 Å². The molecule has 0 spiro atoms. The van der Waals surface area contributed by atoms with Crippen molar-refractivity contribution < 1.29 is 9.34 Å². The van der Waals surface area contributed by atoms with Gasteiger partial charge >= 0.3 is 0 Å². The third-order valence-corrected chi connectivity index (χ3v) is 3.69. The molecule has 0 unspecified atom stereocenters. The van der Waals surface area contributed by atoms with Gasteiger partial charge < -0.3 is 9.73 Å². The molecule has 0 amide bonds. The molecule has 1 aromatic carbocycles. The average Bonchev–Trinajstić information content (AvgIpc) is 2.73. The van der Waals surface area contributed by atoms with Gasteiger partial charge in [0.25, 0.3) is 5.69 Å². The van der Waals surface area contributed by atoms with Crippen LogP contribution in [0.5, 0.6) is 0 Å². The van der Waals surface area contributed by atoms with Gasteiger partial charge in [-0.05, 0) is 44.0 Å². The predicted octanol–water partition coefficient (Wildman–Crippen LogP) is 4.32. The first-order chi connectivity index (χ1) is 8.58. The first kappa shape index (κ1) is 13.1. The van der Waals surface area contributed by atoms with Gasteiger partial charge in [0, 0.05) is 16.6 Å². The molecule has 7 heteroatoms. The monoisotopic (exact) mass is 374 g/mol. The van der Waals surface area contributed by atoms with Crippen molar-refractivity contribution in [2.45, 2.75) is 6.54 Å². The van der Waals surface area contributed by atoms with Crippen LogP contribution in [0.25, 0.3) is 0 Å². The quantitative estimate of drug-likeness (QED) is 0.638. The lowest BCUT2D eigenvalue weighted by Gasteiger charge is -2.07. The van der Waals surface area contributed by atoms with Crippen molar-refractivity contribution in [2.24, 2.45) is 0 Å². The van der Waals surface area contributed by atoms with Crippen molar-refractivity contribution in [3.8, 4) is 0 Å². The van der Waals surface area contributed by atoms with Gasteiger partial charge in [0.15, 0.2) is 0 Å². The van der Waals surface area contributed by atoms with E-state index < -0.39 is 4.92 Å². The van der Waals surface area contributed by atoms with E-state index in [2.05, 4.69) is 37.2 Å². The summed E-state index contributed by atoms with van der Waals surface area (Å²) < 4.78 is 6.86. The standard InChI is InChI=1S/C11H8Br2N2O3/c12-8-2-1-7(15(16)17)5-10(8)14-6-11-9(13)3-4-18-11/h1-5,14H,6H2. The number of nitrogens with zero attached hydrogens (tertiary/aromatic N) is 1.